The van der Waals surface area contributed by atoms with E-state index in [0.29, 0.717) is 18.7 Å². The number of benzene rings is 1. The first-order chi connectivity index (χ1) is 10.1. The summed E-state index contributed by atoms with van der Waals surface area (Å²) in [7, 11) is 1.71. The second-order valence-electron chi connectivity index (χ2n) is 4.68. The van der Waals surface area contributed by atoms with E-state index < -0.39 is 0 Å². The van der Waals surface area contributed by atoms with Crippen molar-refractivity contribution in [1.82, 2.24) is 9.88 Å². The number of amides is 1. The molecule has 0 aliphatic heterocycles. The van der Waals surface area contributed by atoms with E-state index in [1.807, 2.05) is 31.2 Å². The molecule has 2 aromatic rings. The minimum Gasteiger partial charge on any atom is -0.494 e. The summed E-state index contributed by atoms with van der Waals surface area (Å²) in [5.74, 6) is 0.625. The first-order valence-electron chi connectivity index (χ1n) is 6.76. The number of hydrogen-bond donors (Lipinski definition) is 1. The number of H-pyrrole nitrogens is 1. The topological polar surface area (TPSA) is 62.4 Å². The first kappa shape index (κ1) is 14.8. The number of carbonyl (C=O) groups is 1. The van der Waals surface area contributed by atoms with Gasteiger partial charge in [0.2, 0.25) is 5.56 Å². The zero-order chi connectivity index (χ0) is 15.2. The largest absolute Gasteiger partial charge is 0.494 e. The standard InChI is InChI=1S/C16H18N2O3/c1-3-21-14-6-4-12(5-7-14)11-18(2)16(20)13-8-9-17-15(19)10-13/h4-10H,3,11H2,1-2H3,(H,17,19). The van der Waals surface area contributed by atoms with Crippen LogP contribution >= 0.6 is 0 Å². The van der Waals surface area contributed by atoms with E-state index in [4.69, 9.17) is 4.74 Å². The number of carbonyl (C=O) groups excluding carboxylic acids is 1. The number of nitrogens with one attached hydrogen (secondary N) is 1. The van der Waals surface area contributed by atoms with Crippen molar-refractivity contribution >= 4 is 5.91 Å². The van der Waals surface area contributed by atoms with Crippen molar-refractivity contribution in [3.8, 4) is 5.75 Å². The molecule has 21 heavy (non-hydrogen) atoms. The van der Waals surface area contributed by atoms with Crippen LogP contribution < -0.4 is 10.3 Å². The summed E-state index contributed by atoms with van der Waals surface area (Å²) >= 11 is 0. The fraction of sp³-hybridized carbons (Fsp3) is 0.250. The zero-order valence-electron chi connectivity index (χ0n) is 12.1. The molecule has 5 heteroatoms. The second-order valence-corrected chi connectivity index (χ2v) is 4.68. The van der Waals surface area contributed by atoms with Gasteiger partial charge in [0.1, 0.15) is 5.75 Å². The van der Waals surface area contributed by atoms with Gasteiger partial charge in [-0.1, -0.05) is 12.1 Å². The predicted octanol–water partition coefficient (Wildman–Crippen LogP) is 2.05. The average molecular weight is 286 g/mol. The van der Waals surface area contributed by atoms with E-state index in [-0.39, 0.29) is 11.5 Å². The molecular formula is C16H18N2O3. The minimum atomic E-state index is -0.282. The number of hydrogen-bond acceptors (Lipinski definition) is 3. The monoisotopic (exact) mass is 286 g/mol. The Balaban J connectivity index is 2.05. The summed E-state index contributed by atoms with van der Waals surface area (Å²) in [6.07, 6.45) is 1.47. The van der Waals surface area contributed by atoms with Crippen LogP contribution in [-0.4, -0.2) is 29.4 Å². The second kappa shape index (κ2) is 6.74. The van der Waals surface area contributed by atoms with Crippen LogP contribution in [0, 0.1) is 0 Å². The molecule has 0 saturated carbocycles. The number of nitrogens with zero attached hydrogens (tertiary/aromatic N) is 1. The van der Waals surface area contributed by atoms with Crippen LogP contribution in [0.4, 0.5) is 0 Å². The molecule has 5 nitrogen and oxygen atoms in total. The third-order valence-electron chi connectivity index (χ3n) is 3.02. The van der Waals surface area contributed by atoms with Gasteiger partial charge in [-0.15, -0.1) is 0 Å². The highest BCUT2D eigenvalue weighted by Crippen LogP contribution is 2.14. The number of aromatic amines is 1. The van der Waals surface area contributed by atoms with E-state index in [9.17, 15) is 9.59 Å². The molecule has 0 saturated heterocycles. The molecule has 110 valence electrons. The lowest BCUT2D eigenvalue weighted by molar-refractivity contribution is 0.0785. The third-order valence-corrected chi connectivity index (χ3v) is 3.02. The maximum atomic E-state index is 12.2. The van der Waals surface area contributed by atoms with Crippen molar-refractivity contribution in [2.24, 2.45) is 0 Å². The Morgan fingerprint density at radius 2 is 1.95 bits per heavy atom. The molecule has 1 amide bonds. The minimum absolute atomic E-state index is 0.185. The Morgan fingerprint density at radius 3 is 2.57 bits per heavy atom. The molecule has 0 unspecified atom stereocenters. The Bertz CT molecular complexity index is 662. The van der Waals surface area contributed by atoms with Gasteiger partial charge in [0.15, 0.2) is 0 Å². The lowest BCUT2D eigenvalue weighted by atomic mass is 10.2. The van der Waals surface area contributed by atoms with Gasteiger partial charge in [0.05, 0.1) is 6.61 Å². The van der Waals surface area contributed by atoms with Crippen LogP contribution in [-0.2, 0) is 6.54 Å². The van der Waals surface area contributed by atoms with Crippen molar-refractivity contribution in [1.29, 1.82) is 0 Å². The van der Waals surface area contributed by atoms with Crippen LogP contribution in [0.5, 0.6) is 5.75 Å². The number of pyridine rings is 1. The predicted molar refractivity (Wildman–Crippen MR) is 80.5 cm³/mol. The fourth-order valence-electron chi connectivity index (χ4n) is 2.00. The van der Waals surface area contributed by atoms with Gasteiger partial charge in [-0.25, -0.2) is 0 Å². The van der Waals surface area contributed by atoms with Crippen molar-refractivity contribution in [3.63, 3.8) is 0 Å². The maximum absolute atomic E-state index is 12.2. The van der Waals surface area contributed by atoms with Gasteiger partial charge in [-0.05, 0) is 30.7 Å². The van der Waals surface area contributed by atoms with Crippen LogP contribution in [0.15, 0.2) is 47.4 Å². The van der Waals surface area contributed by atoms with Gasteiger partial charge >= 0.3 is 0 Å². The summed E-state index contributed by atoms with van der Waals surface area (Å²) in [6, 6.07) is 10.5. The number of ether oxygens (including phenoxy) is 1. The highest BCUT2D eigenvalue weighted by atomic mass is 16.5. The van der Waals surface area contributed by atoms with E-state index in [0.717, 1.165) is 11.3 Å². The molecule has 0 aliphatic carbocycles. The molecule has 1 N–H and O–H groups in total. The van der Waals surface area contributed by atoms with Crippen LogP contribution in [0.2, 0.25) is 0 Å². The Hall–Kier alpha value is -2.56. The Morgan fingerprint density at radius 1 is 1.24 bits per heavy atom. The Labute approximate surface area is 123 Å². The van der Waals surface area contributed by atoms with Crippen molar-refractivity contribution < 1.29 is 9.53 Å². The summed E-state index contributed by atoms with van der Waals surface area (Å²) < 4.78 is 5.38. The molecule has 1 heterocycles. The number of rotatable bonds is 5. The molecular weight excluding hydrogens is 268 g/mol. The maximum Gasteiger partial charge on any atom is 0.254 e. The van der Waals surface area contributed by atoms with E-state index in [1.165, 1.54) is 12.3 Å². The Kier molecular flexibility index (Phi) is 4.77. The van der Waals surface area contributed by atoms with Crippen molar-refractivity contribution in [3.05, 3.63) is 64.1 Å². The van der Waals surface area contributed by atoms with Crippen LogP contribution in [0.1, 0.15) is 22.8 Å². The van der Waals surface area contributed by atoms with Crippen LogP contribution in [0.25, 0.3) is 0 Å². The first-order valence-corrected chi connectivity index (χ1v) is 6.76. The molecule has 2 rings (SSSR count). The summed E-state index contributed by atoms with van der Waals surface area (Å²) in [4.78, 5) is 27.5. The highest BCUT2D eigenvalue weighted by molar-refractivity contribution is 5.93. The van der Waals surface area contributed by atoms with Crippen LogP contribution in [0.3, 0.4) is 0 Å². The average Bonchev–Trinajstić information content (AvgIpc) is 2.48. The van der Waals surface area contributed by atoms with Gasteiger partial charge < -0.3 is 14.6 Å². The lowest BCUT2D eigenvalue weighted by Crippen LogP contribution is -2.27. The van der Waals surface area contributed by atoms with Gasteiger partial charge in [-0.2, -0.15) is 0 Å². The summed E-state index contributed by atoms with van der Waals surface area (Å²) in [5.41, 5.74) is 1.10. The van der Waals surface area contributed by atoms with E-state index >= 15 is 0 Å². The summed E-state index contributed by atoms with van der Waals surface area (Å²) in [6.45, 7) is 3.03. The van der Waals surface area contributed by atoms with E-state index in [2.05, 4.69) is 4.98 Å². The zero-order valence-corrected chi connectivity index (χ0v) is 12.1. The molecule has 0 spiro atoms. The quantitative estimate of drug-likeness (QED) is 0.915. The van der Waals surface area contributed by atoms with Gasteiger partial charge in [0.25, 0.3) is 5.91 Å². The molecule has 0 bridgehead atoms. The summed E-state index contributed by atoms with van der Waals surface area (Å²) in [5, 5.41) is 0. The lowest BCUT2D eigenvalue weighted by Gasteiger charge is -2.17. The molecule has 0 fully saturated rings. The number of aromatic nitrogens is 1. The highest BCUT2D eigenvalue weighted by Gasteiger charge is 2.12. The fourth-order valence-corrected chi connectivity index (χ4v) is 2.00. The molecule has 0 aliphatic rings. The molecule has 0 radical (unpaired) electrons. The van der Waals surface area contributed by atoms with Crippen molar-refractivity contribution in [2.45, 2.75) is 13.5 Å². The normalized spacial score (nSPS) is 10.2. The smallest absolute Gasteiger partial charge is 0.254 e. The van der Waals surface area contributed by atoms with Crippen molar-refractivity contribution in [2.75, 3.05) is 13.7 Å². The third kappa shape index (κ3) is 3.95. The van der Waals surface area contributed by atoms with Gasteiger partial charge in [-0.3, -0.25) is 9.59 Å². The molecule has 0 atom stereocenters. The van der Waals surface area contributed by atoms with Gasteiger partial charge in [0, 0.05) is 31.4 Å². The molecule has 1 aromatic carbocycles. The van der Waals surface area contributed by atoms with E-state index in [1.54, 1.807) is 18.0 Å². The molecule has 1 aromatic heterocycles. The SMILES string of the molecule is CCOc1ccc(CN(C)C(=O)c2cc[nH]c(=O)c2)cc1.